The maximum atomic E-state index is 10.7. The summed E-state index contributed by atoms with van der Waals surface area (Å²) in [7, 11) is 0. The van der Waals surface area contributed by atoms with Gasteiger partial charge in [-0.15, -0.1) is 0 Å². The Bertz CT molecular complexity index is 422. The minimum absolute atomic E-state index is 0.289. The van der Waals surface area contributed by atoms with E-state index in [4.69, 9.17) is 5.11 Å². The molecule has 0 spiro atoms. The molecular formula is C8H6N2O7. The number of nitrogens with zero attached hydrogens (tertiary/aromatic N) is 2. The van der Waals surface area contributed by atoms with Gasteiger partial charge >= 0.3 is 11.8 Å². The van der Waals surface area contributed by atoms with Crippen LogP contribution in [0.3, 0.4) is 0 Å². The molecule has 17 heavy (non-hydrogen) atoms. The summed E-state index contributed by atoms with van der Waals surface area (Å²) in [5, 5.41) is 29.8. The number of nitro groups is 2. The lowest BCUT2D eigenvalue weighted by atomic mass is 10.3. The highest BCUT2D eigenvalue weighted by Crippen LogP contribution is 2.20. The summed E-state index contributed by atoms with van der Waals surface area (Å²) in [5.74, 6) is -6.33. The predicted molar refractivity (Wildman–Crippen MR) is 51.4 cm³/mol. The molecule has 0 aliphatic heterocycles. The van der Waals surface area contributed by atoms with Gasteiger partial charge in [0.1, 0.15) is 5.75 Å². The number of para-hydroxylation sites is 1. The van der Waals surface area contributed by atoms with E-state index in [0.717, 1.165) is 0 Å². The van der Waals surface area contributed by atoms with Crippen LogP contribution >= 0.6 is 0 Å². The van der Waals surface area contributed by atoms with E-state index in [2.05, 4.69) is 4.74 Å². The van der Waals surface area contributed by atoms with Crippen molar-refractivity contribution in [2.75, 3.05) is 0 Å². The zero-order chi connectivity index (χ0) is 13.1. The minimum atomic E-state index is -3.73. The lowest BCUT2D eigenvalue weighted by molar-refractivity contribution is -0.819. The summed E-state index contributed by atoms with van der Waals surface area (Å²) in [5.41, 5.74) is 0. The van der Waals surface area contributed by atoms with Crippen molar-refractivity contribution in [2.24, 2.45) is 0 Å². The third kappa shape index (κ3) is 2.12. The zero-order valence-corrected chi connectivity index (χ0v) is 8.18. The molecule has 1 rings (SSSR count). The maximum absolute atomic E-state index is 10.7. The molecule has 9 nitrogen and oxygen atoms in total. The molecule has 0 aromatic heterocycles. The molecule has 0 heterocycles. The monoisotopic (exact) mass is 242 g/mol. The molecule has 0 radical (unpaired) electrons. The van der Waals surface area contributed by atoms with Crippen LogP contribution in [0, 0.1) is 20.2 Å². The first kappa shape index (κ1) is 12.4. The summed E-state index contributed by atoms with van der Waals surface area (Å²) in [6, 6.07) is 6.66. The fraction of sp³-hybridized carbons (Fsp3) is 0.125. The second-order valence-electron chi connectivity index (χ2n) is 2.84. The van der Waals surface area contributed by atoms with Crippen molar-refractivity contribution in [3.8, 4) is 5.75 Å². The zero-order valence-electron chi connectivity index (χ0n) is 8.18. The lowest BCUT2D eigenvalue weighted by Crippen LogP contribution is -2.58. The largest absolute Gasteiger partial charge is 0.721 e. The summed E-state index contributed by atoms with van der Waals surface area (Å²) in [6.45, 7) is 0. The molecule has 0 saturated carbocycles. The molecule has 0 saturated heterocycles. The first-order chi connectivity index (χ1) is 7.91. The molecule has 0 aliphatic rings. The second kappa shape index (κ2) is 4.43. The molecule has 90 valence electrons. The van der Waals surface area contributed by atoms with Gasteiger partial charge in [-0.3, -0.25) is 20.2 Å². The van der Waals surface area contributed by atoms with Gasteiger partial charge in [-0.1, -0.05) is 18.2 Å². The van der Waals surface area contributed by atoms with Crippen LogP contribution in [0.4, 0.5) is 0 Å². The minimum Gasteiger partial charge on any atom is -0.467 e. The third-order valence-electron chi connectivity index (χ3n) is 1.78. The molecule has 0 atom stereocenters. The van der Waals surface area contributed by atoms with Gasteiger partial charge in [-0.25, -0.2) is 4.79 Å². The Balaban J connectivity index is 3.21. The van der Waals surface area contributed by atoms with Crippen LogP contribution in [0.5, 0.6) is 5.75 Å². The second-order valence-corrected chi connectivity index (χ2v) is 2.84. The highest BCUT2D eigenvalue weighted by Gasteiger charge is 2.70. The number of carboxylic acids is 1. The average Bonchev–Trinajstić information content (AvgIpc) is 2.25. The van der Waals surface area contributed by atoms with Gasteiger partial charge in [0.15, 0.2) is 9.85 Å². The summed E-state index contributed by atoms with van der Waals surface area (Å²) in [4.78, 5) is 28.6. The van der Waals surface area contributed by atoms with Gasteiger partial charge in [0.05, 0.1) is 0 Å². The Morgan fingerprint density at radius 3 is 2.00 bits per heavy atom. The number of ether oxygens (including phenoxy) is 1. The van der Waals surface area contributed by atoms with E-state index in [0.29, 0.717) is 0 Å². The Labute approximate surface area is 93.5 Å². The van der Waals surface area contributed by atoms with Crippen LogP contribution in [0.1, 0.15) is 0 Å². The third-order valence-corrected chi connectivity index (χ3v) is 1.78. The van der Waals surface area contributed by atoms with Crippen molar-refractivity contribution >= 4 is 5.97 Å². The number of hydrogen-bond acceptors (Lipinski definition) is 6. The van der Waals surface area contributed by atoms with Crippen molar-refractivity contribution in [3.05, 3.63) is 50.6 Å². The van der Waals surface area contributed by atoms with Gasteiger partial charge in [-0.2, -0.15) is 0 Å². The molecule has 0 bridgehead atoms. The van der Waals surface area contributed by atoms with Crippen molar-refractivity contribution in [2.45, 2.75) is 5.85 Å². The van der Waals surface area contributed by atoms with Crippen molar-refractivity contribution in [3.63, 3.8) is 0 Å². The first-order valence-corrected chi connectivity index (χ1v) is 4.17. The van der Waals surface area contributed by atoms with Crippen molar-refractivity contribution in [1.29, 1.82) is 0 Å². The van der Waals surface area contributed by atoms with E-state index in [9.17, 15) is 25.0 Å². The maximum Gasteiger partial charge on any atom is 0.721 e. The van der Waals surface area contributed by atoms with Crippen LogP contribution in [-0.4, -0.2) is 26.8 Å². The highest BCUT2D eigenvalue weighted by atomic mass is 16.8. The number of hydrogen-bond donors (Lipinski definition) is 1. The van der Waals surface area contributed by atoms with E-state index >= 15 is 0 Å². The quantitative estimate of drug-likeness (QED) is 0.447. The fourth-order valence-corrected chi connectivity index (χ4v) is 0.994. The standard InChI is InChI=1S/C8H6N2O7/c11-7(12)8(9(13)14,10(15)16)17-6-4-2-1-3-5-6/h1-5H,(H,11,12). The van der Waals surface area contributed by atoms with Crippen molar-refractivity contribution < 1.29 is 24.5 Å². The van der Waals surface area contributed by atoms with Gasteiger partial charge in [0.25, 0.3) is 0 Å². The van der Waals surface area contributed by atoms with E-state index in [1.165, 1.54) is 30.3 Å². The molecule has 0 unspecified atom stereocenters. The average molecular weight is 242 g/mol. The SMILES string of the molecule is O=C(O)C(Oc1ccccc1)([N+](=O)[O-])[N+](=O)[O-]. The topological polar surface area (TPSA) is 133 Å². The number of benzene rings is 1. The van der Waals surface area contributed by atoms with Gasteiger partial charge in [0, 0.05) is 0 Å². The van der Waals surface area contributed by atoms with E-state index in [1.54, 1.807) is 0 Å². The fourth-order valence-electron chi connectivity index (χ4n) is 0.994. The number of carbonyl (C=O) groups is 1. The summed E-state index contributed by atoms with van der Waals surface area (Å²) in [6.07, 6.45) is 0. The molecule has 1 aromatic carbocycles. The van der Waals surface area contributed by atoms with Gasteiger partial charge in [0.2, 0.25) is 0 Å². The van der Waals surface area contributed by atoms with Crippen LogP contribution in [0.25, 0.3) is 0 Å². The molecule has 0 aliphatic carbocycles. The van der Waals surface area contributed by atoms with Gasteiger partial charge in [-0.05, 0) is 12.1 Å². The predicted octanol–water partition coefficient (Wildman–Crippen LogP) is 0.357. The molecule has 9 heteroatoms. The highest BCUT2D eigenvalue weighted by molar-refractivity contribution is 5.73. The molecule has 0 fully saturated rings. The van der Waals surface area contributed by atoms with E-state index in [-0.39, 0.29) is 5.75 Å². The van der Waals surface area contributed by atoms with Gasteiger partial charge < -0.3 is 9.84 Å². The Morgan fingerprint density at radius 1 is 1.18 bits per heavy atom. The summed E-state index contributed by atoms with van der Waals surface area (Å²) >= 11 is 0. The number of aliphatic carboxylic acids is 1. The van der Waals surface area contributed by atoms with E-state index < -0.39 is 21.7 Å². The summed E-state index contributed by atoms with van der Waals surface area (Å²) < 4.78 is 4.39. The van der Waals surface area contributed by atoms with Crippen molar-refractivity contribution in [1.82, 2.24) is 0 Å². The van der Waals surface area contributed by atoms with Crippen LogP contribution in [-0.2, 0) is 4.79 Å². The Hall–Kier alpha value is -2.71. The Kier molecular flexibility index (Phi) is 3.22. The molecule has 1 aromatic rings. The molecule has 0 amide bonds. The Morgan fingerprint density at radius 2 is 1.65 bits per heavy atom. The van der Waals surface area contributed by atoms with E-state index in [1.807, 2.05) is 0 Å². The number of rotatable bonds is 5. The molecule has 1 N–H and O–H groups in total. The first-order valence-electron chi connectivity index (χ1n) is 4.17. The van der Waals surface area contributed by atoms with Crippen LogP contribution < -0.4 is 4.74 Å². The smallest absolute Gasteiger partial charge is 0.467 e. The normalized spacial score (nSPS) is 10.6. The molecular weight excluding hydrogens is 236 g/mol. The lowest BCUT2D eigenvalue weighted by Gasteiger charge is -2.12. The van der Waals surface area contributed by atoms with Crippen LogP contribution in [0.2, 0.25) is 0 Å². The van der Waals surface area contributed by atoms with Crippen LogP contribution in [0.15, 0.2) is 30.3 Å². The number of carboxylic acid groups (broad SMARTS) is 1.